The van der Waals surface area contributed by atoms with Crippen LogP contribution in [-0.4, -0.2) is 36.0 Å². The highest BCUT2D eigenvalue weighted by Gasteiger charge is 2.07. The summed E-state index contributed by atoms with van der Waals surface area (Å²) >= 11 is 0. The number of aromatic nitrogens is 1. The van der Waals surface area contributed by atoms with Crippen LogP contribution in [0, 0.1) is 6.92 Å². The van der Waals surface area contributed by atoms with Crippen molar-refractivity contribution in [2.45, 2.75) is 46.1 Å². The van der Waals surface area contributed by atoms with E-state index >= 15 is 0 Å². The maximum Gasteiger partial charge on any atom is 0.227 e. The molecule has 0 aliphatic carbocycles. The van der Waals surface area contributed by atoms with Crippen molar-refractivity contribution >= 4 is 41.7 Å². The molecule has 0 bridgehead atoms. The van der Waals surface area contributed by atoms with Crippen LogP contribution in [0.15, 0.2) is 53.7 Å². The SMILES string of the molecule is CCNC(=NCCC(=O)Nc1ccc(C)cn1)NC(C)CCc1ccccc1.I. The van der Waals surface area contributed by atoms with E-state index in [-0.39, 0.29) is 35.9 Å². The van der Waals surface area contributed by atoms with Gasteiger partial charge in [0.1, 0.15) is 5.82 Å². The molecule has 158 valence electrons. The number of aliphatic imine (C=N–C) groups is 1. The van der Waals surface area contributed by atoms with Crippen molar-refractivity contribution < 1.29 is 4.79 Å². The number of benzene rings is 1. The highest BCUT2D eigenvalue weighted by Crippen LogP contribution is 2.05. The molecule has 0 aliphatic rings. The number of carbonyl (C=O) groups is 1. The average molecular weight is 509 g/mol. The normalized spacial score (nSPS) is 11.9. The van der Waals surface area contributed by atoms with E-state index in [9.17, 15) is 4.79 Å². The van der Waals surface area contributed by atoms with Crippen molar-refractivity contribution in [2.24, 2.45) is 4.99 Å². The van der Waals surface area contributed by atoms with E-state index in [1.807, 2.05) is 26.0 Å². The fourth-order valence-electron chi connectivity index (χ4n) is 2.67. The average Bonchev–Trinajstić information content (AvgIpc) is 2.69. The summed E-state index contributed by atoms with van der Waals surface area (Å²) in [6.07, 6.45) is 4.07. The molecule has 0 saturated carbocycles. The van der Waals surface area contributed by atoms with Crippen LogP contribution in [0.1, 0.15) is 37.8 Å². The molecule has 0 spiro atoms. The summed E-state index contributed by atoms with van der Waals surface area (Å²) in [5.41, 5.74) is 2.39. The maximum absolute atomic E-state index is 12.1. The van der Waals surface area contributed by atoms with Gasteiger partial charge in [-0.2, -0.15) is 0 Å². The zero-order valence-corrected chi connectivity index (χ0v) is 19.8. The van der Waals surface area contributed by atoms with Gasteiger partial charge in [-0.1, -0.05) is 36.4 Å². The topological polar surface area (TPSA) is 78.4 Å². The van der Waals surface area contributed by atoms with Gasteiger partial charge in [-0.25, -0.2) is 4.98 Å². The minimum atomic E-state index is -0.0897. The molecule has 1 atom stereocenters. The fourth-order valence-corrected chi connectivity index (χ4v) is 2.67. The van der Waals surface area contributed by atoms with Gasteiger partial charge in [0.2, 0.25) is 5.91 Å². The second-order valence-electron chi connectivity index (χ2n) is 6.85. The number of carbonyl (C=O) groups excluding carboxylic acids is 1. The Labute approximate surface area is 191 Å². The van der Waals surface area contributed by atoms with Crippen LogP contribution in [0.4, 0.5) is 5.82 Å². The summed E-state index contributed by atoms with van der Waals surface area (Å²) in [7, 11) is 0. The Morgan fingerprint density at radius 3 is 2.59 bits per heavy atom. The second-order valence-corrected chi connectivity index (χ2v) is 6.85. The third-order valence-corrected chi connectivity index (χ3v) is 4.22. The molecule has 0 radical (unpaired) electrons. The van der Waals surface area contributed by atoms with Gasteiger partial charge in [0.05, 0.1) is 6.54 Å². The molecule has 0 saturated heterocycles. The number of hydrogen-bond acceptors (Lipinski definition) is 3. The van der Waals surface area contributed by atoms with Crippen LogP contribution in [0.25, 0.3) is 0 Å². The van der Waals surface area contributed by atoms with Crippen LogP contribution in [0.2, 0.25) is 0 Å². The first-order chi connectivity index (χ1) is 13.6. The molecule has 29 heavy (non-hydrogen) atoms. The molecule has 7 heteroatoms. The molecule has 3 N–H and O–H groups in total. The van der Waals surface area contributed by atoms with Gasteiger partial charge in [0, 0.05) is 25.2 Å². The number of nitrogens with zero attached hydrogens (tertiary/aromatic N) is 2. The second kappa shape index (κ2) is 13.9. The lowest BCUT2D eigenvalue weighted by molar-refractivity contribution is -0.116. The highest BCUT2D eigenvalue weighted by molar-refractivity contribution is 14.0. The van der Waals surface area contributed by atoms with Gasteiger partial charge in [-0.05, 0) is 50.8 Å². The molecule has 1 aromatic heterocycles. The maximum atomic E-state index is 12.1. The van der Waals surface area contributed by atoms with Crippen LogP contribution in [0.3, 0.4) is 0 Å². The van der Waals surface area contributed by atoms with Crippen molar-refractivity contribution in [3.63, 3.8) is 0 Å². The minimum absolute atomic E-state index is 0. The monoisotopic (exact) mass is 509 g/mol. The third kappa shape index (κ3) is 10.3. The summed E-state index contributed by atoms with van der Waals surface area (Å²) in [4.78, 5) is 20.8. The standard InChI is InChI=1S/C22H31N5O.HI/c1-4-23-22(26-18(3)11-12-19-8-6-5-7-9-19)24-15-14-21(28)27-20-13-10-17(2)16-25-20;/h5-10,13,16,18H,4,11-12,14-15H2,1-3H3,(H2,23,24,26)(H,25,27,28);1H. The highest BCUT2D eigenvalue weighted by atomic mass is 127. The molecule has 6 nitrogen and oxygen atoms in total. The Bertz CT molecular complexity index is 750. The summed E-state index contributed by atoms with van der Waals surface area (Å²) in [6, 6.07) is 14.5. The fraction of sp³-hybridized carbons (Fsp3) is 0.409. The van der Waals surface area contributed by atoms with E-state index < -0.39 is 0 Å². The molecule has 1 heterocycles. The lowest BCUT2D eigenvalue weighted by atomic mass is 10.1. The molecule has 1 amide bonds. The molecule has 2 aromatic rings. The molecule has 0 aliphatic heterocycles. The van der Waals surface area contributed by atoms with Gasteiger partial charge in [0.15, 0.2) is 5.96 Å². The quantitative estimate of drug-likeness (QED) is 0.272. The summed E-state index contributed by atoms with van der Waals surface area (Å²) in [6.45, 7) is 7.33. The molecule has 2 rings (SSSR count). The Hall–Kier alpha value is -2.16. The summed E-state index contributed by atoms with van der Waals surface area (Å²) in [5.74, 6) is 1.22. The van der Waals surface area contributed by atoms with Crippen molar-refractivity contribution in [3.05, 3.63) is 59.8 Å². The Morgan fingerprint density at radius 2 is 1.93 bits per heavy atom. The Balaban J connectivity index is 0.00000420. The predicted molar refractivity (Wildman–Crippen MR) is 131 cm³/mol. The molecular formula is C22H32IN5O. The van der Waals surface area contributed by atoms with Gasteiger partial charge < -0.3 is 16.0 Å². The Kier molecular flexibility index (Phi) is 11.9. The smallest absolute Gasteiger partial charge is 0.227 e. The summed E-state index contributed by atoms with van der Waals surface area (Å²) in [5, 5.41) is 9.44. The van der Waals surface area contributed by atoms with Crippen LogP contribution < -0.4 is 16.0 Å². The summed E-state index contributed by atoms with van der Waals surface area (Å²) < 4.78 is 0. The number of nitrogens with one attached hydrogen (secondary N) is 3. The lowest BCUT2D eigenvalue weighted by Crippen LogP contribution is -2.42. The van der Waals surface area contributed by atoms with E-state index in [1.54, 1.807) is 12.3 Å². The molecular weight excluding hydrogens is 477 g/mol. The number of anilines is 1. The largest absolute Gasteiger partial charge is 0.357 e. The van der Waals surface area contributed by atoms with Gasteiger partial charge >= 0.3 is 0 Å². The van der Waals surface area contributed by atoms with Crippen molar-refractivity contribution in [1.29, 1.82) is 0 Å². The van der Waals surface area contributed by atoms with Crippen molar-refractivity contribution in [3.8, 4) is 0 Å². The Morgan fingerprint density at radius 1 is 1.17 bits per heavy atom. The van der Waals surface area contributed by atoms with E-state index in [0.717, 1.165) is 30.9 Å². The number of guanidine groups is 1. The van der Waals surface area contributed by atoms with Crippen LogP contribution >= 0.6 is 24.0 Å². The third-order valence-electron chi connectivity index (χ3n) is 4.22. The van der Waals surface area contributed by atoms with E-state index in [2.05, 4.69) is 57.1 Å². The lowest BCUT2D eigenvalue weighted by Gasteiger charge is -2.18. The molecule has 0 fully saturated rings. The van der Waals surface area contributed by atoms with Crippen molar-refractivity contribution in [1.82, 2.24) is 15.6 Å². The van der Waals surface area contributed by atoms with E-state index in [1.165, 1.54) is 5.56 Å². The van der Waals surface area contributed by atoms with E-state index in [4.69, 9.17) is 0 Å². The zero-order valence-electron chi connectivity index (χ0n) is 17.4. The number of pyridine rings is 1. The number of rotatable bonds is 9. The van der Waals surface area contributed by atoms with Gasteiger partial charge in [-0.3, -0.25) is 9.79 Å². The first kappa shape index (κ1) is 24.9. The number of aryl methyl sites for hydroxylation is 2. The number of halogens is 1. The van der Waals surface area contributed by atoms with Crippen LogP contribution in [0.5, 0.6) is 0 Å². The number of amides is 1. The van der Waals surface area contributed by atoms with E-state index in [0.29, 0.717) is 18.8 Å². The van der Waals surface area contributed by atoms with Gasteiger partial charge in [0.25, 0.3) is 0 Å². The first-order valence-corrected chi connectivity index (χ1v) is 9.88. The predicted octanol–water partition coefficient (Wildman–Crippen LogP) is 3.91. The van der Waals surface area contributed by atoms with Gasteiger partial charge in [-0.15, -0.1) is 24.0 Å². The molecule has 1 aromatic carbocycles. The minimum Gasteiger partial charge on any atom is -0.357 e. The zero-order chi connectivity index (χ0) is 20.2. The van der Waals surface area contributed by atoms with Crippen LogP contribution in [-0.2, 0) is 11.2 Å². The first-order valence-electron chi connectivity index (χ1n) is 9.88. The van der Waals surface area contributed by atoms with Crippen molar-refractivity contribution in [2.75, 3.05) is 18.4 Å². The number of hydrogen-bond donors (Lipinski definition) is 3. The molecule has 1 unspecified atom stereocenters.